The summed E-state index contributed by atoms with van der Waals surface area (Å²) in [5.74, 6) is -0.387. The summed E-state index contributed by atoms with van der Waals surface area (Å²) >= 11 is 6.03. The van der Waals surface area contributed by atoms with Gasteiger partial charge in [-0.15, -0.1) is 0 Å². The van der Waals surface area contributed by atoms with Crippen molar-refractivity contribution in [2.24, 2.45) is 5.41 Å². The van der Waals surface area contributed by atoms with Gasteiger partial charge in [0.05, 0.1) is 0 Å². The van der Waals surface area contributed by atoms with Gasteiger partial charge in [0.15, 0.2) is 0 Å². The molecule has 136 valence electrons. The van der Waals surface area contributed by atoms with Gasteiger partial charge in [-0.3, -0.25) is 9.59 Å². The summed E-state index contributed by atoms with van der Waals surface area (Å²) in [7, 11) is 0. The van der Waals surface area contributed by atoms with E-state index < -0.39 is 5.41 Å². The number of carbonyl (C=O) groups is 2. The number of benzene rings is 2. The molecule has 1 fully saturated rings. The van der Waals surface area contributed by atoms with Crippen molar-refractivity contribution in [3.8, 4) is 0 Å². The molecule has 26 heavy (non-hydrogen) atoms. The van der Waals surface area contributed by atoms with Crippen LogP contribution in [0.25, 0.3) is 0 Å². The Morgan fingerprint density at radius 2 is 1.88 bits per heavy atom. The maximum atomic E-state index is 13.2. The summed E-state index contributed by atoms with van der Waals surface area (Å²) in [5.41, 5.74) is 2.50. The van der Waals surface area contributed by atoms with Crippen LogP contribution in [0.4, 0.5) is 11.4 Å². The Bertz CT molecular complexity index is 859. The van der Waals surface area contributed by atoms with Gasteiger partial charge < -0.3 is 10.2 Å². The molecular weight excluding hydrogens is 348 g/mol. The van der Waals surface area contributed by atoms with E-state index in [9.17, 15) is 9.59 Å². The van der Waals surface area contributed by atoms with Crippen molar-refractivity contribution in [3.05, 3.63) is 58.6 Å². The van der Waals surface area contributed by atoms with Crippen molar-refractivity contribution in [1.29, 1.82) is 0 Å². The molecule has 2 aromatic carbocycles. The lowest BCUT2D eigenvalue weighted by molar-refractivity contribution is -0.132. The molecule has 0 unspecified atom stereocenters. The maximum Gasteiger partial charge on any atom is 0.242 e. The third-order valence-electron chi connectivity index (χ3n) is 4.92. The molecule has 0 radical (unpaired) electrons. The number of aryl methyl sites for hydroxylation is 2. The maximum absolute atomic E-state index is 13.2. The number of nitrogens with zero attached hydrogens (tertiary/aromatic N) is 1. The van der Waals surface area contributed by atoms with Crippen LogP contribution in [0.3, 0.4) is 0 Å². The minimum absolute atomic E-state index is 0.136. The van der Waals surface area contributed by atoms with Crippen LogP contribution in [0.15, 0.2) is 42.5 Å². The molecule has 0 spiro atoms. The minimum atomic E-state index is -0.978. The molecule has 0 aromatic heterocycles. The summed E-state index contributed by atoms with van der Waals surface area (Å²) in [6.07, 6.45) is 1.14. The van der Waals surface area contributed by atoms with Crippen LogP contribution in [0.1, 0.15) is 30.9 Å². The molecule has 0 bridgehead atoms. The van der Waals surface area contributed by atoms with E-state index in [1.807, 2.05) is 51.1 Å². The van der Waals surface area contributed by atoms with E-state index in [1.54, 1.807) is 17.0 Å². The zero-order chi connectivity index (χ0) is 18.9. The largest absolute Gasteiger partial charge is 0.325 e. The lowest BCUT2D eigenvalue weighted by Gasteiger charge is -2.26. The molecule has 1 N–H and O–H groups in total. The van der Waals surface area contributed by atoms with E-state index in [0.29, 0.717) is 30.1 Å². The Balaban J connectivity index is 1.83. The molecule has 0 saturated heterocycles. The second kappa shape index (κ2) is 7.12. The highest BCUT2D eigenvalue weighted by Gasteiger charge is 2.58. The molecule has 1 aliphatic rings. The average molecular weight is 371 g/mol. The highest BCUT2D eigenvalue weighted by atomic mass is 35.5. The van der Waals surface area contributed by atoms with Crippen LogP contribution in [0, 0.1) is 19.3 Å². The summed E-state index contributed by atoms with van der Waals surface area (Å²) in [4.78, 5) is 27.8. The first-order valence-electron chi connectivity index (χ1n) is 8.83. The molecule has 2 amide bonds. The van der Waals surface area contributed by atoms with E-state index in [1.165, 1.54) is 0 Å². The fourth-order valence-corrected chi connectivity index (χ4v) is 3.30. The van der Waals surface area contributed by atoms with E-state index in [0.717, 1.165) is 16.8 Å². The van der Waals surface area contributed by atoms with E-state index in [4.69, 9.17) is 11.6 Å². The van der Waals surface area contributed by atoms with Gasteiger partial charge in [0.25, 0.3) is 0 Å². The summed E-state index contributed by atoms with van der Waals surface area (Å²) in [6, 6.07) is 13.1. The van der Waals surface area contributed by atoms with Crippen LogP contribution in [0.5, 0.6) is 0 Å². The first-order chi connectivity index (χ1) is 12.4. The highest BCUT2D eigenvalue weighted by molar-refractivity contribution is 6.31. The number of amides is 2. The smallest absolute Gasteiger partial charge is 0.242 e. The predicted molar refractivity (Wildman–Crippen MR) is 106 cm³/mol. The third kappa shape index (κ3) is 3.47. The standard InChI is InChI=1S/C21H23ClN2O2/c1-4-24(17-7-5-6-14(2)12-17)20(26)21(10-11-21)19(25)23-18-13-16(22)9-8-15(18)3/h5-9,12-13H,4,10-11H2,1-3H3,(H,23,25). The SMILES string of the molecule is CCN(C(=O)C1(C(=O)Nc2cc(Cl)ccc2C)CC1)c1cccc(C)c1. The highest BCUT2D eigenvalue weighted by Crippen LogP contribution is 2.49. The van der Waals surface area contributed by atoms with Gasteiger partial charge in [-0.1, -0.05) is 29.8 Å². The normalized spacial score (nSPS) is 14.6. The zero-order valence-corrected chi connectivity index (χ0v) is 16.1. The van der Waals surface area contributed by atoms with Crippen molar-refractivity contribution in [2.75, 3.05) is 16.8 Å². The number of rotatable bonds is 5. The number of hydrogen-bond acceptors (Lipinski definition) is 2. The van der Waals surface area contributed by atoms with Gasteiger partial charge in [-0.25, -0.2) is 0 Å². The molecule has 2 aromatic rings. The van der Waals surface area contributed by atoms with Crippen LogP contribution in [0.2, 0.25) is 5.02 Å². The molecule has 0 atom stereocenters. The Labute approximate surface area is 159 Å². The Morgan fingerprint density at radius 3 is 2.50 bits per heavy atom. The van der Waals surface area contributed by atoms with Crippen molar-refractivity contribution < 1.29 is 9.59 Å². The molecule has 1 aliphatic carbocycles. The molecule has 3 rings (SSSR count). The van der Waals surface area contributed by atoms with Crippen molar-refractivity contribution in [2.45, 2.75) is 33.6 Å². The number of hydrogen-bond donors (Lipinski definition) is 1. The Hall–Kier alpha value is -2.33. The summed E-state index contributed by atoms with van der Waals surface area (Å²) in [5, 5.41) is 3.46. The van der Waals surface area contributed by atoms with Gasteiger partial charge in [0.1, 0.15) is 5.41 Å². The first kappa shape index (κ1) is 18.5. The number of anilines is 2. The van der Waals surface area contributed by atoms with Gasteiger partial charge in [0.2, 0.25) is 11.8 Å². The summed E-state index contributed by atoms with van der Waals surface area (Å²) < 4.78 is 0. The third-order valence-corrected chi connectivity index (χ3v) is 5.15. The van der Waals surface area contributed by atoms with E-state index in [2.05, 4.69) is 5.32 Å². The quantitative estimate of drug-likeness (QED) is 0.773. The van der Waals surface area contributed by atoms with Crippen LogP contribution in [-0.4, -0.2) is 18.4 Å². The minimum Gasteiger partial charge on any atom is -0.325 e. The molecule has 5 heteroatoms. The van der Waals surface area contributed by atoms with Crippen LogP contribution >= 0.6 is 11.6 Å². The number of halogens is 1. The average Bonchev–Trinajstić information content (AvgIpc) is 3.41. The van der Waals surface area contributed by atoms with Crippen LogP contribution < -0.4 is 10.2 Å². The van der Waals surface area contributed by atoms with Gasteiger partial charge >= 0.3 is 0 Å². The van der Waals surface area contributed by atoms with Gasteiger partial charge in [-0.2, -0.15) is 0 Å². The zero-order valence-electron chi connectivity index (χ0n) is 15.3. The Kier molecular flexibility index (Phi) is 5.05. The lowest BCUT2D eigenvalue weighted by Crippen LogP contribution is -2.43. The fourth-order valence-electron chi connectivity index (χ4n) is 3.13. The molecule has 0 aliphatic heterocycles. The molecule has 4 nitrogen and oxygen atoms in total. The fraction of sp³-hybridized carbons (Fsp3) is 0.333. The van der Waals surface area contributed by atoms with Crippen molar-refractivity contribution in [1.82, 2.24) is 0 Å². The molecular formula is C21H23ClN2O2. The van der Waals surface area contributed by atoms with Crippen LogP contribution in [-0.2, 0) is 9.59 Å². The second-order valence-corrected chi connectivity index (χ2v) is 7.32. The van der Waals surface area contributed by atoms with Crippen molar-refractivity contribution >= 4 is 34.8 Å². The first-order valence-corrected chi connectivity index (χ1v) is 9.21. The predicted octanol–water partition coefficient (Wildman–Crippen LogP) is 4.73. The van der Waals surface area contributed by atoms with E-state index >= 15 is 0 Å². The van der Waals surface area contributed by atoms with E-state index in [-0.39, 0.29) is 11.8 Å². The van der Waals surface area contributed by atoms with Gasteiger partial charge in [-0.05, 0) is 69.0 Å². The number of carbonyl (C=O) groups excluding carboxylic acids is 2. The summed E-state index contributed by atoms with van der Waals surface area (Å²) in [6.45, 7) is 6.34. The Morgan fingerprint density at radius 1 is 1.15 bits per heavy atom. The number of nitrogens with one attached hydrogen (secondary N) is 1. The topological polar surface area (TPSA) is 49.4 Å². The van der Waals surface area contributed by atoms with Crippen molar-refractivity contribution in [3.63, 3.8) is 0 Å². The molecule has 0 heterocycles. The monoisotopic (exact) mass is 370 g/mol. The molecule has 1 saturated carbocycles. The van der Waals surface area contributed by atoms with Gasteiger partial charge in [0, 0.05) is 22.9 Å². The second-order valence-electron chi connectivity index (χ2n) is 6.88. The lowest BCUT2D eigenvalue weighted by atomic mass is 10.0.